The van der Waals surface area contributed by atoms with Crippen LogP contribution in [0.25, 0.3) is 66.4 Å². The minimum Gasteiger partial charge on any atom is -0.439 e. The minimum absolute atomic E-state index is 0. The Bertz CT molecular complexity index is 2860. The van der Waals surface area contributed by atoms with Crippen LogP contribution in [0.3, 0.4) is 0 Å². The van der Waals surface area contributed by atoms with Crippen molar-refractivity contribution in [2.75, 3.05) is 0 Å². The second-order valence-corrected chi connectivity index (χ2v) is 20.8. The van der Waals surface area contributed by atoms with E-state index in [4.69, 9.17) is 19.9 Å². The third-order valence-corrected chi connectivity index (χ3v) is 11.3. The molecule has 8 heteroatoms. The molecular formula is C60H62N6Pt2. The molecule has 68 heavy (non-hydrogen) atoms. The average molecular weight is 1260 g/mol. The van der Waals surface area contributed by atoms with Gasteiger partial charge in [0, 0.05) is 12.4 Å². The average Bonchev–Trinajstić information content (AvgIpc) is 3.87. The van der Waals surface area contributed by atoms with E-state index in [0.29, 0.717) is 0 Å². The minimum atomic E-state index is 0. The standard InChI is InChI=1S/2C19H23N2.2C11H8N.2Pt/c2*1-18(2,3)12-7-9-15-14(11-12)13-8-10-16(19(4,5)6)21-17(13)20-15;2*1-2-6-10(7-3-1)11-8-4-5-9-12-11;;/h2*7-11H,1-6H3;2*1-6,8-9H;;/q4*-1;2*+2. The van der Waals surface area contributed by atoms with Crippen LogP contribution in [0.5, 0.6) is 0 Å². The molecule has 0 aliphatic carbocycles. The van der Waals surface area contributed by atoms with Crippen molar-refractivity contribution in [2.24, 2.45) is 0 Å². The molecule has 0 atom stereocenters. The summed E-state index contributed by atoms with van der Waals surface area (Å²) in [6.07, 6.45) is 3.58. The van der Waals surface area contributed by atoms with Gasteiger partial charge in [-0.1, -0.05) is 191 Å². The molecule has 10 rings (SSSR count). The Balaban J connectivity index is 0.000000173. The fourth-order valence-electron chi connectivity index (χ4n) is 7.33. The molecule has 10 aromatic rings. The monoisotopic (exact) mass is 1260 g/mol. The third-order valence-electron chi connectivity index (χ3n) is 11.3. The Morgan fingerprint density at radius 1 is 0.382 bits per heavy atom. The smallest absolute Gasteiger partial charge is 0.439 e. The quantitative estimate of drug-likeness (QED) is 0.160. The molecule has 0 aliphatic rings. The van der Waals surface area contributed by atoms with Gasteiger partial charge in [-0.15, -0.1) is 71.8 Å². The summed E-state index contributed by atoms with van der Waals surface area (Å²) in [5.74, 6) is 0. The fourth-order valence-corrected chi connectivity index (χ4v) is 7.33. The summed E-state index contributed by atoms with van der Waals surface area (Å²) >= 11 is 0. The zero-order valence-corrected chi connectivity index (χ0v) is 45.9. The molecule has 0 unspecified atom stereocenters. The maximum absolute atomic E-state index is 4.76. The van der Waals surface area contributed by atoms with Crippen LogP contribution in [0.15, 0.2) is 158 Å². The molecule has 0 N–H and O–H groups in total. The first-order valence-corrected chi connectivity index (χ1v) is 22.8. The van der Waals surface area contributed by atoms with Gasteiger partial charge in [-0.2, -0.15) is 0 Å². The molecule has 6 heterocycles. The van der Waals surface area contributed by atoms with Crippen LogP contribution in [-0.2, 0) is 63.8 Å². The number of hydrogen-bond acceptors (Lipinski definition) is 4. The molecule has 352 valence electrons. The Morgan fingerprint density at radius 3 is 1.07 bits per heavy atom. The van der Waals surface area contributed by atoms with Gasteiger partial charge in [0.1, 0.15) is 0 Å². The molecule has 0 fully saturated rings. The van der Waals surface area contributed by atoms with E-state index in [-0.39, 0.29) is 63.8 Å². The van der Waals surface area contributed by atoms with E-state index in [2.05, 4.69) is 166 Å². The van der Waals surface area contributed by atoms with Crippen LogP contribution in [0.1, 0.15) is 106 Å². The van der Waals surface area contributed by atoms with Crippen LogP contribution in [0.4, 0.5) is 0 Å². The molecule has 6 aromatic heterocycles. The summed E-state index contributed by atoms with van der Waals surface area (Å²) in [5, 5.41) is 4.74. The number of pyridine rings is 4. The predicted octanol–water partition coefficient (Wildman–Crippen LogP) is 15.0. The molecule has 6 nitrogen and oxygen atoms in total. The van der Waals surface area contributed by atoms with Gasteiger partial charge in [-0.3, -0.25) is 0 Å². The first kappa shape index (κ1) is 53.4. The Kier molecular flexibility index (Phi) is 17.5. The summed E-state index contributed by atoms with van der Waals surface area (Å²) < 4.78 is 0. The van der Waals surface area contributed by atoms with Crippen molar-refractivity contribution in [2.45, 2.75) is 105 Å². The molecule has 0 spiro atoms. The topological polar surface area (TPSA) is 79.8 Å². The van der Waals surface area contributed by atoms with Gasteiger partial charge >= 0.3 is 42.1 Å². The molecule has 0 radical (unpaired) electrons. The van der Waals surface area contributed by atoms with E-state index >= 15 is 0 Å². The van der Waals surface area contributed by atoms with E-state index in [1.807, 2.05) is 84.9 Å². The van der Waals surface area contributed by atoms with Crippen molar-refractivity contribution in [1.29, 1.82) is 0 Å². The van der Waals surface area contributed by atoms with Crippen LogP contribution in [-0.4, -0.2) is 19.9 Å². The first-order chi connectivity index (χ1) is 31.3. The molecular weight excluding hydrogens is 1190 g/mol. The van der Waals surface area contributed by atoms with Gasteiger partial charge in [0.05, 0.1) is 0 Å². The Hall–Kier alpha value is -5.54. The van der Waals surface area contributed by atoms with E-state index in [9.17, 15) is 0 Å². The predicted molar refractivity (Wildman–Crippen MR) is 277 cm³/mol. The largest absolute Gasteiger partial charge is 2.00 e. The Morgan fingerprint density at radius 2 is 0.765 bits per heavy atom. The van der Waals surface area contributed by atoms with Crippen molar-refractivity contribution in [1.82, 2.24) is 29.9 Å². The third kappa shape index (κ3) is 13.4. The normalized spacial score (nSPS) is 11.6. The van der Waals surface area contributed by atoms with Crippen molar-refractivity contribution >= 4 is 43.9 Å². The van der Waals surface area contributed by atoms with Gasteiger partial charge in [0.15, 0.2) is 0 Å². The van der Waals surface area contributed by atoms with Gasteiger partial charge in [-0.05, 0) is 88.9 Å². The van der Waals surface area contributed by atoms with Crippen LogP contribution in [0, 0.1) is 12.1 Å². The molecule has 0 aliphatic heterocycles. The summed E-state index contributed by atoms with van der Waals surface area (Å²) in [6.45, 7) is 26.5. The fraction of sp³-hybridized carbons (Fsp3) is 0.267. The molecule has 0 saturated carbocycles. The van der Waals surface area contributed by atoms with Crippen molar-refractivity contribution in [3.8, 4) is 22.5 Å². The number of rotatable bonds is 2. The number of aromatic nitrogens is 6. The zero-order chi connectivity index (χ0) is 47.3. The zero-order valence-electron chi connectivity index (χ0n) is 41.3. The molecule has 4 aromatic carbocycles. The Labute approximate surface area is 432 Å². The molecule has 0 bridgehead atoms. The van der Waals surface area contributed by atoms with Crippen molar-refractivity contribution in [3.05, 3.63) is 193 Å². The number of hydrogen-bond donors (Lipinski definition) is 0. The summed E-state index contributed by atoms with van der Waals surface area (Å²) in [5.41, 5.74) is 13.1. The summed E-state index contributed by atoms with van der Waals surface area (Å²) in [7, 11) is 0. The second kappa shape index (κ2) is 22.3. The van der Waals surface area contributed by atoms with Crippen LogP contribution >= 0.6 is 0 Å². The summed E-state index contributed by atoms with van der Waals surface area (Å²) in [6, 6.07) is 55.4. The molecule has 0 saturated heterocycles. The number of benzene rings is 4. The van der Waals surface area contributed by atoms with Gasteiger partial charge in [0.2, 0.25) is 0 Å². The maximum Gasteiger partial charge on any atom is 2.00 e. The second-order valence-electron chi connectivity index (χ2n) is 20.8. The van der Waals surface area contributed by atoms with Gasteiger partial charge in [-0.25, -0.2) is 0 Å². The van der Waals surface area contributed by atoms with Crippen LogP contribution in [0.2, 0.25) is 0 Å². The molecule has 0 amide bonds. The van der Waals surface area contributed by atoms with Gasteiger partial charge < -0.3 is 29.9 Å². The summed E-state index contributed by atoms with van der Waals surface area (Å²) in [4.78, 5) is 27.4. The maximum atomic E-state index is 4.76. The SMILES string of the molecule is CC(C)(C)c1ccc2[n-]c3nc(C(C)(C)C)ccc3c2c1.CC(C)(C)c1ccc2[n-]c3nc(C(C)(C)C)ccc3c2c1.[Pt+2].[Pt+2].[c-]1ccccc1-c1ccccn1.[c-]1ccccc1-c1ccccn1. The van der Waals surface area contributed by atoms with Gasteiger partial charge in [0.25, 0.3) is 0 Å². The van der Waals surface area contributed by atoms with E-state index in [0.717, 1.165) is 67.0 Å². The number of fused-ring (bicyclic) bond motifs is 6. The van der Waals surface area contributed by atoms with E-state index in [1.54, 1.807) is 12.4 Å². The first-order valence-electron chi connectivity index (χ1n) is 22.8. The van der Waals surface area contributed by atoms with E-state index in [1.165, 1.54) is 21.9 Å². The van der Waals surface area contributed by atoms with Crippen molar-refractivity contribution < 1.29 is 42.1 Å². The van der Waals surface area contributed by atoms with Crippen LogP contribution < -0.4 is 9.97 Å². The van der Waals surface area contributed by atoms with Crippen molar-refractivity contribution in [3.63, 3.8) is 0 Å². The number of nitrogens with zero attached hydrogens (tertiary/aromatic N) is 6. The van der Waals surface area contributed by atoms with E-state index < -0.39 is 0 Å².